The SMILES string of the molecule is CCCSc1ccc(C=NNc2nc(-c3ccccc3)cs2)cc1. The number of aromatic nitrogens is 1. The Morgan fingerprint density at radius 3 is 2.67 bits per heavy atom. The van der Waals surface area contributed by atoms with E-state index in [1.54, 1.807) is 11.3 Å². The molecule has 0 bridgehead atoms. The maximum atomic E-state index is 4.55. The third kappa shape index (κ3) is 4.69. The maximum absolute atomic E-state index is 4.55. The molecule has 0 atom stereocenters. The van der Waals surface area contributed by atoms with Crippen LogP contribution in [0.25, 0.3) is 11.3 Å². The van der Waals surface area contributed by atoms with Gasteiger partial charge in [0.1, 0.15) is 0 Å². The third-order valence-corrected chi connectivity index (χ3v) is 5.27. The Labute approximate surface area is 150 Å². The molecule has 1 heterocycles. The van der Waals surface area contributed by atoms with Gasteiger partial charge in [-0.25, -0.2) is 4.98 Å². The van der Waals surface area contributed by atoms with Gasteiger partial charge in [-0.3, -0.25) is 5.43 Å². The molecule has 0 aliphatic carbocycles. The molecule has 0 fully saturated rings. The number of nitrogens with zero attached hydrogens (tertiary/aromatic N) is 2. The minimum atomic E-state index is 0.792. The zero-order valence-corrected chi connectivity index (χ0v) is 15.1. The van der Waals surface area contributed by atoms with Crippen LogP contribution in [-0.4, -0.2) is 17.0 Å². The van der Waals surface area contributed by atoms with Gasteiger partial charge in [-0.2, -0.15) is 5.10 Å². The van der Waals surface area contributed by atoms with Gasteiger partial charge >= 0.3 is 0 Å². The molecule has 0 aliphatic rings. The van der Waals surface area contributed by atoms with E-state index >= 15 is 0 Å². The van der Waals surface area contributed by atoms with E-state index in [4.69, 9.17) is 0 Å². The van der Waals surface area contributed by atoms with Gasteiger partial charge in [0, 0.05) is 15.8 Å². The second-order valence-corrected chi connectivity index (χ2v) is 7.22. The minimum Gasteiger partial charge on any atom is -0.253 e. The van der Waals surface area contributed by atoms with Crippen molar-refractivity contribution in [3.05, 3.63) is 65.5 Å². The average molecular weight is 354 g/mol. The van der Waals surface area contributed by atoms with Crippen LogP contribution in [-0.2, 0) is 0 Å². The molecule has 0 saturated heterocycles. The van der Waals surface area contributed by atoms with Crippen molar-refractivity contribution in [3.63, 3.8) is 0 Å². The highest BCUT2D eigenvalue weighted by Crippen LogP contribution is 2.24. The molecule has 3 nitrogen and oxygen atoms in total. The first-order valence-electron chi connectivity index (χ1n) is 7.88. The van der Waals surface area contributed by atoms with Crippen molar-refractivity contribution >= 4 is 34.4 Å². The molecule has 0 unspecified atom stereocenters. The molecule has 0 amide bonds. The standard InChI is InChI=1S/C19H19N3S2/c1-2-12-23-17-10-8-15(9-11-17)13-20-22-19-21-18(14-24-19)16-6-4-3-5-7-16/h3-11,13-14H,2,12H2,1H3,(H,21,22). The Morgan fingerprint density at radius 2 is 1.92 bits per heavy atom. The van der Waals surface area contributed by atoms with Gasteiger partial charge in [0.15, 0.2) is 0 Å². The summed E-state index contributed by atoms with van der Waals surface area (Å²) in [5, 5.41) is 7.10. The molecule has 1 N–H and O–H groups in total. The second kappa shape index (κ2) is 8.66. The molecule has 3 aromatic rings. The zero-order chi connectivity index (χ0) is 16.6. The molecule has 0 aliphatic heterocycles. The number of nitrogens with one attached hydrogen (secondary N) is 1. The van der Waals surface area contributed by atoms with Gasteiger partial charge in [0.05, 0.1) is 11.9 Å². The summed E-state index contributed by atoms with van der Waals surface area (Å²) in [5.41, 5.74) is 6.16. The fraction of sp³-hybridized carbons (Fsp3) is 0.158. The number of anilines is 1. The predicted molar refractivity (Wildman–Crippen MR) is 106 cm³/mol. The fourth-order valence-electron chi connectivity index (χ4n) is 2.10. The quantitative estimate of drug-likeness (QED) is 0.333. The van der Waals surface area contributed by atoms with Crippen LogP contribution >= 0.6 is 23.1 Å². The van der Waals surface area contributed by atoms with Crippen LogP contribution in [0.2, 0.25) is 0 Å². The van der Waals surface area contributed by atoms with Crippen molar-refractivity contribution in [1.82, 2.24) is 4.98 Å². The van der Waals surface area contributed by atoms with Crippen LogP contribution in [0.15, 0.2) is 70.0 Å². The largest absolute Gasteiger partial charge is 0.253 e. The van der Waals surface area contributed by atoms with Crippen LogP contribution in [0.5, 0.6) is 0 Å². The summed E-state index contributed by atoms with van der Waals surface area (Å²) in [7, 11) is 0. The van der Waals surface area contributed by atoms with Crippen LogP contribution in [0.3, 0.4) is 0 Å². The summed E-state index contributed by atoms with van der Waals surface area (Å²) < 4.78 is 0. The molecular formula is C19H19N3S2. The number of benzene rings is 2. The monoisotopic (exact) mass is 353 g/mol. The molecule has 122 valence electrons. The summed E-state index contributed by atoms with van der Waals surface area (Å²) in [5.74, 6) is 1.16. The number of thiazole rings is 1. The summed E-state index contributed by atoms with van der Waals surface area (Å²) >= 11 is 3.43. The van der Waals surface area contributed by atoms with Crippen LogP contribution in [0.4, 0.5) is 5.13 Å². The van der Waals surface area contributed by atoms with Gasteiger partial charge in [0.2, 0.25) is 5.13 Å². The van der Waals surface area contributed by atoms with Gasteiger partial charge in [-0.1, -0.05) is 49.4 Å². The third-order valence-electron chi connectivity index (χ3n) is 3.30. The minimum absolute atomic E-state index is 0.792. The van der Waals surface area contributed by atoms with Crippen molar-refractivity contribution in [3.8, 4) is 11.3 Å². The van der Waals surface area contributed by atoms with E-state index in [0.717, 1.165) is 27.7 Å². The van der Waals surface area contributed by atoms with Crippen molar-refractivity contribution < 1.29 is 0 Å². The van der Waals surface area contributed by atoms with Crippen LogP contribution in [0.1, 0.15) is 18.9 Å². The normalized spacial score (nSPS) is 11.0. The van der Waals surface area contributed by atoms with Gasteiger partial charge in [0.25, 0.3) is 0 Å². The smallest absolute Gasteiger partial charge is 0.203 e. The lowest BCUT2D eigenvalue weighted by atomic mass is 10.2. The summed E-state index contributed by atoms with van der Waals surface area (Å²) in [4.78, 5) is 5.85. The van der Waals surface area contributed by atoms with Crippen LogP contribution < -0.4 is 5.43 Å². The molecule has 5 heteroatoms. The lowest BCUT2D eigenvalue weighted by molar-refractivity contribution is 1.10. The molecule has 0 spiro atoms. The van der Waals surface area contributed by atoms with E-state index in [0.29, 0.717) is 0 Å². The van der Waals surface area contributed by atoms with E-state index in [-0.39, 0.29) is 0 Å². The number of thioether (sulfide) groups is 1. The topological polar surface area (TPSA) is 37.3 Å². The van der Waals surface area contributed by atoms with E-state index in [9.17, 15) is 0 Å². The molecule has 24 heavy (non-hydrogen) atoms. The number of hydrogen-bond acceptors (Lipinski definition) is 5. The number of hydrogen-bond donors (Lipinski definition) is 1. The van der Waals surface area contributed by atoms with Gasteiger partial charge in [-0.05, 0) is 29.9 Å². The molecular weight excluding hydrogens is 334 g/mol. The summed E-state index contributed by atoms with van der Waals surface area (Å²) in [6.45, 7) is 2.20. The van der Waals surface area contributed by atoms with Crippen molar-refractivity contribution in [1.29, 1.82) is 0 Å². The lowest BCUT2D eigenvalue weighted by Crippen LogP contribution is -1.90. The Balaban J connectivity index is 1.57. The first-order chi connectivity index (χ1) is 11.8. The Bertz CT molecular complexity index is 780. The van der Waals surface area contributed by atoms with Crippen molar-refractivity contribution in [2.45, 2.75) is 18.2 Å². The van der Waals surface area contributed by atoms with Gasteiger partial charge < -0.3 is 0 Å². The Kier molecular flexibility index (Phi) is 6.04. The second-order valence-electron chi connectivity index (χ2n) is 5.19. The van der Waals surface area contributed by atoms with E-state index < -0.39 is 0 Å². The first-order valence-corrected chi connectivity index (χ1v) is 9.74. The van der Waals surface area contributed by atoms with Crippen molar-refractivity contribution in [2.24, 2.45) is 5.10 Å². The van der Waals surface area contributed by atoms with Crippen molar-refractivity contribution in [2.75, 3.05) is 11.2 Å². The Hall–Kier alpha value is -2.11. The number of rotatable bonds is 7. The average Bonchev–Trinajstić information content (AvgIpc) is 3.11. The number of hydrazone groups is 1. The zero-order valence-electron chi connectivity index (χ0n) is 13.5. The van der Waals surface area contributed by atoms with E-state index in [1.807, 2.05) is 41.6 Å². The lowest BCUT2D eigenvalue weighted by Gasteiger charge is -2.00. The molecule has 0 saturated carbocycles. The highest BCUT2D eigenvalue weighted by Gasteiger charge is 2.02. The highest BCUT2D eigenvalue weighted by atomic mass is 32.2. The first kappa shape index (κ1) is 16.7. The summed E-state index contributed by atoms with van der Waals surface area (Å²) in [6, 6.07) is 18.6. The van der Waals surface area contributed by atoms with Gasteiger partial charge in [-0.15, -0.1) is 23.1 Å². The predicted octanol–water partition coefficient (Wildman–Crippen LogP) is 5.76. The molecule has 2 aromatic carbocycles. The fourth-order valence-corrected chi connectivity index (χ4v) is 3.54. The van der Waals surface area contributed by atoms with E-state index in [1.165, 1.54) is 11.3 Å². The maximum Gasteiger partial charge on any atom is 0.203 e. The molecule has 3 rings (SSSR count). The molecule has 0 radical (unpaired) electrons. The van der Waals surface area contributed by atoms with Crippen LogP contribution in [0, 0.1) is 0 Å². The Morgan fingerprint density at radius 1 is 1.12 bits per heavy atom. The van der Waals surface area contributed by atoms with E-state index in [2.05, 4.69) is 58.8 Å². The highest BCUT2D eigenvalue weighted by molar-refractivity contribution is 7.99. The summed E-state index contributed by atoms with van der Waals surface area (Å²) in [6.07, 6.45) is 3.01. The molecule has 1 aromatic heterocycles.